The summed E-state index contributed by atoms with van der Waals surface area (Å²) in [5.41, 5.74) is 1.73. The Labute approximate surface area is 95.2 Å². The van der Waals surface area contributed by atoms with Crippen LogP contribution < -0.4 is 10.1 Å². The second-order valence-electron chi connectivity index (χ2n) is 3.38. The predicted molar refractivity (Wildman–Crippen MR) is 64.7 cm³/mol. The first-order valence-corrected chi connectivity index (χ1v) is 5.04. The van der Waals surface area contributed by atoms with E-state index in [0.717, 1.165) is 17.0 Å². The van der Waals surface area contributed by atoms with Crippen molar-refractivity contribution in [3.8, 4) is 5.75 Å². The monoisotopic (exact) mass is 223 g/mol. The van der Waals surface area contributed by atoms with E-state index in [1.807, 2.05) is 18.2 Å². The summed E-state index contributed by atoms with van der Waals surface area (Å²) < 4.78 is 5.15. The van der Waals surface area contributed by atoms with E-state index in [1.54, 1.807) is 13.2 Å². The van der Waals surface area contributed by atoms with Gasteiger partial charge in [0.25, 0.3) is 0 Å². The summed E-state index contributed by atoms with van der Waals surface area (Å²) in [7, 11) is 1.60. The Bertz CT molecular complexity index is 352. The number of aliphatic hydroxyl groups excluding tert-OH is 2. The van der Waals surface area contributed by atoms with Gasteiger partial charge in [-0.3, -0.25) is 0 Å². The average Bonchev–Trinajstić information content (AvgIpc) is 2.35. The van der Waals surface area contributed by atoms with Crippen molar-refractivity contribution in [2.24, 2.45) is 0 Å². The van der Waals surface area contributed by atoms with Crippen molar-refractivity contribution in [3.05, 3.63) is 30.3 Å². The summed E-state index contributed by atoms with van der Waals surface area (Å²) in [6.45, 7) is 3.75. The largest absolute Gasteiger partial charge is 0.496 e. The van der Waals surface area contributed by atoms with Gasteiger partial charge in [-0.2, -0.15) is 0 Å². The Hall–Kier alpha value is -1.52. The van der Waals surface area contributed by atoms with E-state index in [4.69, 9.17) is 9.84 Å². The molecule has 0 spiro atoms. The number of aliphatic hydroxyl groups is 2. The number of ether oxygens (including phenoxy) is 1. The minimum Gasteiger partial charge on any atom is -0.496 e. The first-order chi connectivity index (χ1) is 7.71. The van der Waals surface area contributed by atoms with Crippen LogP contribution in [-0.4, -0.2) is 36.6 Å². The van der Waals surface area contributed by atoms with E-state index in [-0.39, 0.29) is 6.61 Å². The molecule has 0 amide bonds. The van der Waals surface area contributed by atoms with Crippen molar-refractivity contribution in [2.45, 2.75) is 6.10 Å². The van der Waals surface area contributed by atoms with Crippen molar-refractivity contribution in [3.63, 3.8) is 0 Å². The molecule has 16 heavy (non-hydrogen) atoms. The molecule has 0 saturated carbocycles. The number of hydrogen-bond acceptors (Lipinski definition) is 4. The van der Waals surface area contributed by atoms with E-state index in [1.165, 1.54) is 0 Å². The molecular weight excluding hydrogens is 206 g/mol. The quantitative estimate of drug-likeness (QED) is 0.676. The molecule has 0 aromatic heterocycles. The number of rotatable bonds is 6. The second kappa shape index (κ2) is 6.15. The van der Waals surface area contributed by atoms with Crippen molar-refractivity contribution < 1.29 is 14.9 Å². The summed E-state index contributed by atoms with van der Waals surface area (Å²) in [5.74, 6) is 0.753. The molecule has 0 aliphatic rings. The smallest absolute Gasteiger partial charge is 0.126 e. The normalized spacial score (nSPS) is 11.9. The minimum absolute atomic E-state index is 0.253. The van der Waals surface area contributed by atoms with E-state index in [2.05, 4.69) is 11.9 Å². The Morgan fingerprint density at radius 2 is 2.31 bits per heavy atom. The minimum atomic E-state index is -0.755. The number of nitrogens with one attached hydrogen (secondary N) is 1. The van der Waals surface area contributed by atoms with Gasteiger partial charge in [-0.05, 0) is 18.2 Å². The number of anilines is 1. The van der Waals surface area contributed by atoms with Crippen LogP contribution in [-0.2, 0) is 0 Å². The first kappa shape index (κ1) is 12.5. The van der Waals surface area contributed by atoms with Crippen LogP contribution in [0.2, 0.25) is 0 Å². The molecule has 1 aromatic rings. The Balaban J connectivity index is 2.71. The molecular formula is C12H17NO3. The van der Waals surface area contributed by atoms with Gasteiger partial charge in [-0.15, -0.1) is 0 Å². The van der Waals surface area contributed by atoms with Crippen LogP contribution in [0.3, 0.4) is 0 Å². The molecule has 0 aliphatic carbocycles. The molecule has 1 rings (SSSR count). The fourth-order valence-corrected chi connectivity index (χ4v) is 1.30. The second-order valence-corrected chi connectivity index (χ2v) is 3.38. The molecule has 88 valence electrons. The Morgan fingerprint density at radius 1 is 1.56 bits per heavy atom. The third-order valence-corrected chi connectivity index (χ3v) is 2.20. The highest BCUT2D eigenvalue weighted by molar-refractivity contribution is 5.62. The third kappa shape index (κ3) is 3.25. The van der Waals surface area contributed by atoms with Gasteiger partial charge in [0.05, 0.1) is 19.8 Å². The maximum atomic E-state index is 9.19. The lowest BCUT2D eigenvalue weighted by molar-refractivity contribution is 0.105. The van der Waals surface area contributed by atoms with Crippen LogP contribution in [0.15, 0.2) is 24.8 Å². The van der Waals surface area contributed by atoms with Crippen LogP contribution in [0.5, 0.6) is 5.75 Å². The Morgan fingerprint density at radius 3 is 2.88 bits per heavy atom. The molecule has 0 heterocycles. The van der Waals surface area contributed by atoms with Gasteiger partial charge < -0.3 is 20.3 Å². The van der Waals surface area contributed by atoms with Gasteiger partial charge in [0.2, 0.25) is 0 Å². The fraction of sp³-hybridized carbons (Fsp3) is 0.333. The molecule has 1 atom stereocenters. The maximum Gasteiger partial charge on any atom is 0.126 e. The molecule has 1 aromatic carbocycles. The number of benzene rings is 1. The van der Waals surface area contributed by atoms with E-state index >= 15 is 0 Å². The summed E-state index contributed by atoms with van der Waals surface area (Å²) in [5, 5.41) is 20.9. The van der Waals surface area contributed by atoms with Crippen LogP contribution in [0.4, 0.5) is 5.69 Å². The first-order valence-electron chi connectivity index (χ1n) is 5.04. The number of methoxy groups -OCH3 is 1. The lowest BCUT2D eigenvalue weighted by Crippen LogP contribution is -2.22. The fourth-order valence-electron chi connectivity index (χ4n) is 1.30. The van der Waals surface area contributed by atoms with Crippen LogP contribution >= 0.6 is 0 Å². The number of hydrogen-bond donors (Lipinski definition) is 3. The van der Waals surface area contributed by atoms with Gasteiger partial charge in [0.1, 0.15) is 5.75 Å². The van der Waals surface area contributed by atoms with E-state index in [9.17, 15) is 5.11 Å². The van der Waals surface area contributed by atoms with E-state index < -0.39 is 6.10 Å². The Kier molecular flexibility index (Phi) is 4.82. The van der Waals surface area contributed by atoms with Gasteiger partial charge in [-0.1, -0.05) is 12.7 Å². The predicted octanol–water partition coefficient (Wildman–Crippen LogP) is 1.10. The zero-order chi connectivity index (χ0) is 12.0. The molecule has 4 heteroatoms. The van der Waals surface area contributed by atoms with Crippen LogP contribution in [0.1, 0.15) is 5.56 Å². The van der Waals surface area contributed by atoms with Gasteiger partial charge >= 0.3 is 0 Å². The van der Waals surface area contributed by atoms with Gasteiger partial charge in [0, 0.05) is 17.8 Å². The zero-order valence-corrected chi connectivity index (χ0v) is 9.31. The molecule has 0 fully saturated rings. The highest BCUT2D eigenvalue weighted by Gasteiger charge is 2.03. The van der Waals surface area contributed by atoms with Crippen molar-refractivity contribution in [1.29, 1.82) is 0 Å². The molecule has 0 bridgehead atoms. The standard InChI is InChI=1S/C12H17NO3/c1-3-9-6-10(4-5-12(9)16-2)13-7-11(15)8-14/h3-6,11,13-15H,1,7-8H2,2H3. The maximum absolute atomic E-state index is 9.19. The molecule has 0 aliphatic heterocycles. The van der Waals surface area contributed by atoms with Crippen LogP contribution in [0.25, 0.3) is 6.08 Å². The summed E-state index contributed by atoms with van der Waals surface area (Å²) in [6.07, 6.45) is 0.946. The summed E-state index contributed by atoms with van der Waals surface area (Å²) >= 11 is 0. The lowest BCUT2D eigenvalue weighted by Gasteiger charge is -2.12. The molecule has 0 radical (unpaired) electrons. The highest BCUT2D eigenvalue weighted by atomic mass is 16.5. The van der Waals surface area contributed by atoms with Crippen molar-refractivity contribution >= 4 is 11.8 Å². The van der Waals surface area contributed by atoms with Crippen LogP contribution in [0, 0.1) is 0 Å². The van der Waals surface area contributed by atoms with Crippen molar-refractivity contribution in [2.75, 3.05) is 25.6 Å². The lowest BCUT2D eigenvalue weighted by atomic mass is 10.1. The molecule has 1 unspecified atom stereocenters. The summed E-state index contributed by atoms with van der Waals surface area (Å²) in [6, 6.07) is 5.54. The van der Waals surface area contributed by atoms with Gasteiger partial charge in [0.15, 0.2) is 0 Å². The molecule has 3 N–H and O–H groups in total. The SMILES string of the molecule is C=Cc1cc(NCC(O)CO)ccc1OC. The third-order valence-electron chi connectivity index (χ3n) is 2.20. The molecule has 4 nitrogen and oxygen atoms in total. The van der Waals surface area contributed by atoms with Crippen molar-refractivity contribution in [1.82, 2.24) is 0 Å². The molecule has 0 saturated heterocycles. The topological polar surface area (TPSA) is 61.7 Å². The summed E-state index contributed by atoms with van der Waals surface area (Å²) in [4.78, 5) is 0. The highest BCUT2D eigenvalue weighted by Crippen LogP contribution is 2.23. The zero-order valence-electron chi connectivity index (χ0n) is 9.31. The van der Waals surface area contributed by atoms with E-state index in [0.29, 0.717) is 6.54 Å². The average molecular weight is 223 g/mol. The van der Waals surface area contributed by atoms with Gasteiger partial charge in [-0.25, -0.2) is 0 Å².